The van der Waals surface area contributed by atoms with Crippen molar-refractivity contribution in [2.45, 2.75) is 44.8 Å². The van der Waals surface area contributed by atoms with Crippen molar-refractivity contribution in [3.05, 3.63) is 35.4 Å². The third-order valence-corrected chi connectivity index (χ3v) is 5.57. The van der Waals surface area contributed by atoms with Crippen molar-refractivity contribution >= 4 is 0 Å². The Balaban J connectivity index is 1.73. The quantitative estimate of drug-likeness (QED) is 0.868. The third-order valence-electron chi connectivity index (χ3n) is 5.57. The number of rotatable bonds is 5. The summed E-state index contributed by atoms with van der Waals surface area (Å²) in [7, 11) is 0. The highest BCUT2D eigenvalue weighted by atomic mass is 16.3. The van der Waals surface area contributed by atoms with Crippen LogP contribution in [0.4, 0.5) is 0 Å². The molecule has 24 heavy (non-hydrogen) atoms. The summed E-state index contributed by atoms with van der Waals surface area (Å²) in [6.45, 7) is 12.0. The number of aliphatic hydroxyl groups is 1. The normalized spacial score (nSPS) is 22.8. The number of hydrogen-bond donors (Lipinski definition) is 2. The molecule has 3 rings (SSSR count). The van der Waals surface area contributed by atoms with E-state index in [9.17, 15) is 5.11 Å². The zero-order valence-corrected chi connectivity index (χ0v) is 15.2. The average molecular weight is 332 g/mol. The summed E-state index contributed by atoms with van der Waals surface area (Å²) in [5.41, 5.74) is 2.85. The number of piperazine rings is 1. The zero-order chi connectivity index (χ0) is 16.9. The molecule has 2 aliphatic heterocycles. The Bertz CT molecular complexity index is 488. The summed E-state index contributed by atoms with van der Waals surface area (Å²) in [6.07, 6.45) is 1.74. The molecule has 4 heteroatoms. The molecule has 0 saturated carbocycles. The first-order valence-electron chi connectivity index (χ1n) is 9.58. The molecule has 0 bridgehead atoms. The second-order valence-corrected chi connectivity index (χ2v) is 7.65. The molecule has 1 atom stereocenters. The van der Waals surface area contributed by atoms with E-state index in [2.05, 4.69) is 53.2 Å². The lowest BCUT2D eigenvalue weighted by Crippen LogP contribution is -2.49. The van der Waals surface area contributed by atoms with Crippen LogP contribution in [-0.2, 0) is 0 Å². The number of benzene rings is 1. The minimum absolute atomic E-state index is 0.0933. The Morgan fingerprint density at radius 1 is 1.00 bits per heavy atom. The van der Waals surface area contributed by atoms with Crippen molar-refractivity contribution < 1.29 is 5.11 Å². The van der Waals surface area contributed by atoms with Gasteiger partial charge in [0, 0.05) is 51.9 Å². The first-order chi connectivity index (χ1) is 11.6. The fraction of sp³-hybridized carbons (Fsp3) is 0.700. The van der Waals surface area contributed by atoms with Crippen molar-refractivity contribution in [1.82, 2.24) is 15.1 Å². The van der Waals surface area contributed by atoms with E-state index in [0.29, 0.717) is 12.0 Å². The van der Waals surface area contributed by atoms with Gasteiger partial charge < -0.3 is 15.3 Å². The lowest BCUT2D eigenvalue weighted by Gasteiger charge is -2.39. The van der Waals surface area contributed by atoms with E-state index in [0.717, 1.165) is 58.7 Å². The Morgan fingerprint density at radius 3 is 2.17 bits per heavy atom. The van der Waals surface area contributed by atoms with Gasteiger partial charge in [-0.2, -0.15) is 0 Å². The van der Waals surface area contributed by atoms with Crippen molar-refractivity contribution in [2.24, 2.45) is 0 Å². The van der Waals surface area contributed by atoms with E-state index in [1.807, 2.05) is 0 Å². The Hall–Kier alpha value is -0.940. The van der Waals surface area contributed by atoms with Gasteiger partial charge in [0.2, 0.25) is 0 Å². The highest BCUT2D eigenvalue weighted by Crippen LogP contribution is 2.26. The minimum Gasteiger partial charge on any atom is -0.393 e. The van der Waals surface area contributed by atoms with Crippen LogP contribution < -0.4 is 5.32 Å². The molecule has 2 fully saturated rings. The Morgan fingerprint density at radius 2 is 1.58 bits per heavy atom. The first-order valence-corrected chi connectivity index (χ1v) is 9.58. The number of nitrogens with one attached hydrogen (secondary N) is 1. The van der Waals surface area contributed by atoms with E-state index in [-0.39, 0.29) is 6.10 Å². The van der Waals surface area contributed by atoms with Crippen LogP contribution in [0.2, 0.25) is 0 Å². The second-order valence-electron chi connectivity index (χ2n) is 7.65. The topological polar surface area (TPSA) is 38.7 Å². The molecule has 2 aliphatic rings. The van der Waals surface area contributed by atoms with Gasteiger partial charge in [0.15, 0.2) is 0 Å². The molecule has 134 valence electrons. The van der Waals surface area contributed by atoms with Crippen LogP contribution in [0.1, 0.15) is 49.8 Å². The second kappa shape index (κ2) is 8.43. The molecule has 2 N–H and O–H groups in total. The lowest BCUT2D eigenvalue weighted by atomic mass is 9.97. The zero-order valence-electron chi connectivity index (χ0n) is 15.2. The van der Waals surface area contributed by atoms with Crippen molar-refractivity contribution in [2.75, 3.05) is 45.8 Å². The van der Waals surface area contributed by atoms with Crippen LogP contribution in [0.5, 0.6) is 0 Å². The Labute approximate surface area is 146 Å². The lowest BCUT2D eigenvalue weighted by molar-refractivity contribution is 0.0589. The molecule has 0 aliphatic carbocycles. The maximum absolute atomic E-state index is 9.76. The van der Waals surface area contributed by atoms with E-state index >= 15 is 0 Å². The molecule has 0 radical (unpaired) electrons. The van der Waals surface area contributed by atoms with Gasteiger partial charge in [0.05, 0.1) is 6.10 Å². The van der Waals surface area contributed by atoms with Crippen LogP contribution in [0.3, 0.4) is 0 Å². The van der Waals surface area contributed by atoms with Gasteiger partial charge in [-0.1, -0.05) is 38.1 Å². The molecule has 2 heterocycles. The standard InChI is InChI=1S/C20H33N3O/c1-16(2)17-3-5-18(6-4-17)20(23-13-9-21-10-14-23)15-22-11-7-19(24)8-12-22/h3-6,16,19-21,24H,7-15H2,1-2H3. The van der Waals surface area contributed by atoms with Crippen molar-refractivity contribution in [3.63, 3.8) is 0 Å². The molecule has 1 aromatic rings. The smallest absolute Gasteiger partial charge is 0.0564 e. The molecular weight excluding hydrogens is 298 g/mol. The van der Waals surface area contributed by atoms with E-state index in [4.69, 9.17) is 0 Å². The van der Waals surface area contributed by atoms with Crippen LogP contribution in [0.25, 0.3) is 0 Å². The highest BCUT2D eigenvalue weighted by Gasteiger charge is 2.26. The first kappa shape index (κ1) is 17.9. The van der Waals surface area contributed by atoms with Gasteiger partial charge in [0.25, 0.3) is 0 Å². The molecule has 0 amide bonds. The number of nitrogens with zero attached hydrogens (tertiary/aromatic N) is 2. The van der Waals surface area contributed by atoms with Gasteiger partial charge >= 0.3 is 0 Å². The van der Waals surface area contributed by atoms with Gasteiger partial charge in [-0.3, -0.25) is 4.90 Å². The molecular formula is C20H33N3O. The maximum atomic E-state index is 9.76. The molecule has 1 aromatic carbocycles. The van der Waals surface area contributed by atoms with Crippen LogP contribution >= 0.6 is 0 Å². The maximum Gasteiger partial charge on any atom is 0.0564 e. The van der Waals surface area contributed by atoms with Gasteiger partial charge in [-0.15, -0.1) is 0 Å². The monoisotopic (exact) mass is 331 g/mol. The number of piperidine rings is 1. The fourth-order valence-electron chi connectivity index (χ4n) is 3.88. The Kier molecular flexibility index (Phi) is 6.28. The summed E-state index contributed by atoms with van der Waals surface area (Å²) in [4.78, 5) is 5.17. The SMILES string of the molecule is CC(C)c1ccc(C(CN2CCC(O)CC2)N2CCNCC2)cc1. The molecule has 2 saturated heterocycles. The van der Waals surface area contributed by atoms with Crippen molar-refractivity contribution in [1.29, 1.82) is 0 Å². The third kappa shape index (κ3) is 4.57. The van der Waals surface area contributed by atoms with Crippen LogP contribution in [-0.4, -0.2) is 66.8 Å². The average Bonchev–Trinajstić information content (AvgIpc) is 2.62. The van der Waals surface area contributed by atoms with Gasteiger partial charge in [-0.05, 0) is 29.9 Å². The highest BCUT2D eigenvalue weighted by molar-refractivity contribution is 5.27. The van der Waals surface area contributed by atoms with Gasteiger partial charge in [-0.25, -0.2) is 0 Å². The van der Waals surface area contributed by atoms with Crippen molar-refractivity contribution in [3.8, 4) is 0 Å². The van der Waals surface area contributed by atoms with E-state index < -0.39 is 0 Å². The summed E-state index contributed by atoms with van der Waals surface area (Å²) >= 11 is 0. The van der Waals surface area contributed by atoms with Crippen LogP contribution in [0.15, 0.2) is 24.3 Å². The molecule has 0 aromatic heterocycles. The largest absolute Gasteiger partial charge is 0.393 e. The predicted octanol–water partition coefficient (Wildman–Crippen LogP) is 2.21. The van der Waals surface area contributed by atoms with Crippen LogP contribution in [0, 0.1) is 0 Å². The van der Waals surface area contributed by atoms with E-state index in [1.54, 1.807) is 0 Å². The molecule has 1 unspecified atom stereocenters. The fourth-order valence-corrected chi connectivity index (χ4v) is 3.88. The minimum atomic E-state index is -0.0933. The summed E-state index contributed by atoms with van der Waals surface area (Å²) in [6, 6.07) is 9.73. The summed E-state index contributed by atoms with van der Waals surface area (Å²) < 4.78 is 0. The number of likely N-dealkylation sites (tertiary alicyclic amines) is 1. The summed E-state index contributed by atoms with van der Waals surface area (Å²) in [5, 5.41) is 13.2. The predicted molar refractivity (Wildman–Crippen MR) is 99.4 cm³/mol. The molecule has 0 spiro atoms. The summed E-state index contributed by atoms with van der Waals surface area (Å²) in [5.74, 6) is 0.584. The number of aliphatic hydroxyl groups excluding tert-OH is 1. The van der Waals surface area contributed by atoms with E-state index in [1.165, 1.54) is 11.1 Å². The number of hydrogen-bond acceptors (Lipinski definition) is 4. The van der Waals surface area contributed by atoms with Gasteiger partial charge in [0.1, 0.15) is 0 Å². The molecule has 4 nitrogen and oxygen atoms in total.